The second-order valence-electron chi connectivity index (χ2n) is 4.43. The van der Waals surface area contributed by atoms with E-state index in [4.69, 9.17) is 4.74 Å². The van der Waals surface area contributed by atoms with Gasteiger partial charge in [-0.05, 0) is 24.3 Å². The van der Waals surface area contributed by atoms with Crippen LogP contribution < -0.4 is 10.1 Å². The van der Waals surface area contributed by atoms with Crippen molar-refractivity contribution in [2.24, 2.45) is 0 Å². The fourth-order valence-electron chi connectivity index (χ4n) is 2.05. The van der Waals surface area contributed by atoms with Crippen LogP contribution in [0.3, 0.4) is 0 Å². The van der Waals surface area contributed by atoms with Crippen LogP contribution in [-0.2, 0) is 0 Å². The Kier molecular flexibility index (Phi) is 3.55. The first kappa shape index (κ1) is 13.2. The average molecular weight is 283 g/mol. The first-order chi connectivity index (χ1) is 10.3. The first-order valence-electron chi connectivity index (χ1n) is 6.47. The van der Waals surface area contributed by atoms with Gasteiger partial charge in [0.1, 0.15) is 0 Å². The lowest BCUT2D eigenvalue weighted by atomic mass is 10.3. The summed E-state index contributed by atoms with van der Waals surface area (Å²) < 4.78 is 20.3. The summed E-state index contributed by atoms with van der Waals surface area (Å²) in [5.74, 6) is 0.459. The van der Waals surface area contributed by atoms with E-state index in [0.29, 0.717) is 5.95 Å². The number of anilines is 2. The van der Waals surface area contributed by atoms with Crippen molar-refractivity contribution < 1.29 is 9.13 Å². The zero-order valence-electron chi connectivity index (χ0n) is 11.5. The summed E-state index contributed by atoms with van der Waals surface area (Å²) in [6.45, 7) is 0. The van der Waals surface area contributed by atoms with Gasteiger partial charge in [0.2, 0.25) is 5.95 Å². The Morgan fingerprint density at radius 2 is 1.95 bits per heavy atom. The molecule has 0 atom stereocenters. The number of ether oxygens (including phenoxy) is 1. The number of aromatic nitrogens is 2. The molecule has 3 rings (SSSR count). The number of para-hydroxylation sites is 1. The predicted octanol–water partition coefficient (Wildman–Crippen LogP) is 3.76. The lowest BCUT2D eigenvalue weighted by molar-refractivity contribution is 0.386. The SMILES string of the molecule is COc1cc(-n2ccnc2Nc2ccccc2)ccc1F. The smallest absolute Gasteiger partial charge is 0.212 e. The molecule has 1 aromatic heterocycles. The van der Waals surface area contributed by atoms with Crippen molar-refractivity contribution in [3.05, 3.63) is 66.7 Å². The minimum Gasteiger partial charge on any atom is -0.494 e. The van der Waals surface area contributed by atoms with Crippen molar-refractivity contribution in [2.75, 3.05) is 12.4 Å². The lowest BCUT2D eigenvalue weighted by Gasteiger charge is -2.11. The summed E-state index contributed by atoms with van der Waals surface area (Å²) in [5.41, 5.74) is 1.70. The topological polar surface area (TPSA) is 39.1 Å². The van der Waals surface area contributed by atoms with Crippen molar-refractivity contribution in [3.63, 3.8) is 0 Å². The Balaban J connectivity index is 1.95. The Hall–Kier alpha value is -2.82. The summed E-state index contributed by atoms with van der Waals surface area (Å²) in [7, 11) is 1.44. The minimum atomic E-state index is -0.390. The molecule has 0 radical (unpaired) electrons. The molecule has 0 aliphatic heterocycles. The molecule has 1 heterocycles. The van der Waals surface area contributed by atoms with Crippen LogP contribution in [0, 0.1) is 5.82 Å². The van der Waals surface area contributed by atoms with Crippen molar-refractivity contribution in [1.82, 2.24) is 9.55 Å². The van der Waals surface area contributed by atoms with E-state index in [9.17, 15) is 4.39 Å². The number of hydrogen-bond acceptors (Lipinski definition) is 3. The second-order valence-corrected chi connectivity index (χ2v) is 4.43. The molecule has 2 aromatic carbocycles. The third-order valence-corrected chi connectivity index (χ3v) is 3.08. The molecule has 0 unspecified atom stereocenters. The molecule has 0 aliphatic rings. The number of benzene rings is 2. The monoisotopic (exact) mass is 283 g/mol. The van der Waals surface area contributed by atoms with Crippen LogP contribution in [0.15, 0.2) is 60.9 Å². The van der Waals surface area contributed by atoms with Crippen molar-refractivity contribution >= 4 is 11.6 Å². The van der Waals surface area contributed by atoms with Gasteiger partial charge in [-0.1, -0.05) is 18.2 Å². The van der Waals surface area contributed by atoms with E-state index >= 15 is 0 Å². The third-order valence-electron chi connectivity index (χ3n) is 3.08. The number of nitrogens with one attached hydrogen (secondary N) is 1. The van der Waals surface area contributed by atoms with Crippen LogP contribution in [0.2, 0.25) is 0 Å². The van der Waals surface area contributed by atoms with Gasteiger partial charge in [0.25, 0.3) is 0 Å². The zero-order valence-corrected chi connectivity index (χ0v) is 11.5. The largest absolute Gasteiger partial charge is 0.494 e. The van der Waals surface area contributed by atoms with E-state index in [0.717, 1.165) is 11.4 Å². The van der Waals surface area contributed by atoms with Crippen LogP contribution in [-0.4, -0.2) is 16.7 Å². The molecule has 0 aliphatic carbocycles. The summed E-state index contributed by atoms with van der Waals surface area (Å²) in [5, 5.41) is 3.22. The molecule has 0 fully saturated rings. The fraction of sp³-hybridized carbons (Fsp3) is 0.0625. The lowest BCUT2D eigenvalue weighted by Crippen LogP contribution is -2.01. The average Bonchev–Trinajstić information content (AvgIpc) is 2.97. The highest BCUT2D eigenvalue weighted by Gasteiger charge is 2.09. The zero-order chi connectivity index (χ0) is 14.7. The van der Waals surface area contributed by atoms with Gasteiger partial charge in [0, 0.05) is 24.1 Å². The van der Waals surface area contributed by atoms with Crippen LogP contribution in [0.5, 0.6) is 5.75 Å². The number of methoxy groups -OCH3 is 1. The Labute approximate surface area is 121 Å². The molecule has 0 saturated heterocycles. The highest BCUT2D eigenvalue weighted by Crippen LogP contribution is 2.24. The van der Waals surface area contributed by atoms with Gasteiger partial charge in [0.15, 0.2) is 11.6 Å². The summed E-state index contributed by atoms with van der Waals surface area (Å²) >= 11 is 0. The van der Waals surface area contributed by atoms with E-state index in [1.54, 1.807) is 24.5 Å². The molecular weight excluding hydrogens is 269 g/mol. The molecule has 5 heteroatoms. The molecule has 0 saturated carbocycles. The molecule has 0 spiro atoms. The highest BCUT2D eigenvalue weighted by atomic mass is 19.1. The van der Waals surface area contributed by atoms with Gasteiger partial charge in [-0.15, -0.1) is 0 Å². The molecule has 1 N–H and O–H groups in total. The van der Waals surface area contributed by atoms with Gasteiger partial charge in [-0.2, -0.15) is 0 Å². The number of rotatable bonds is 4. The second kappa shape index (κ2) is 5.66. The standard InChI is InChI=1S/C16H14FN3O/c1-21-15-11-13(7-8-14(15)17)20-10-9-18-16(20)19-12-5-3-2-4-6-12/h2-11H,1H3,(H,18,19). The summed E-state index contributed by atoms with van der Waals surface area (Å²) in [6, 6.07) is 14.4. The Morgan fingerprint density at radius 3 is 2.71 bits per heavy atom. The number of nitrogens with zero attached hydrogens (tertiary/aromatic N) is 2. The van der Waals surface area contributed by atoms with Crippen LogP contribution in [0.25, 0.3) is 5.69 Å². The van der Waals surface area contributed by atoms with Crippen molar-refractivity contribution in [2.45, 2.75) is 0 Å². The van der Waals surface area contributed by atoms with Crippen LogP contribution in [0.4, 0.5) is 16.0 Å². The van der Waals surface area contributed by atoms with Crippen LogP contribution >= 0.6 is 0 Å². The Morgan fingerprint density at radius 1 is 1.14 bits per heavy atom. The highest BCUT2D eigenvalue weighted by molar-refractivity contribution is 5.56. The molecule has 21 heavy (non-hydrogen) atoms. The third kappa shape index (κ3) is 2.72. The van der Waals surface area contributed by atoms with E-state index in [1.165, 1.54) is 13.2 Å². The van der Waals surface area contributed by atoms with Crippen molar-refractivity contribution in [3.8, 4) is 11.4 Å². The Bertz CT molecular complexity index is 740. The summed E-state index contributed by atoms with van der Waals surface area (Å²) in [4.78, 5) is 4.28. The first-order valence-corrected chi connectivity index (χ1v) is 6.47. The number of halogens is 1. The maximum absolute atomic E-state index is 13.5. The minimum absolute atomic E-state index is 0.201. The normalized spacial score (nSPS) is 10.4. The van der Waals surface area contributed by atoms with Gasteiger partial charge >= 0.3 is 0 Å². The van der Waals surface area contributed by atoms with Gasteiger partial charge < -0.3 is 10.1 Å². The van der Waals surface area contributed by atoms with E-state index in [1.807, 2.05) is 34.9 Å². The fourth-order valence-corrected chi connectivity index (χ4v) is 2.05. The summed E-state index contributed by atoms with van der Waals surface area (Å²) in [6.07, 6.45) is 3.49. The molecular formula is C16H14FN3O. The molecule has 4 nitrogen and oxygen atoms in total. The van der Waals surface area contributed by atoms with Crippen molar-refractivity contribution in [1.29, 1.82) is 0 Å². The molecule has 0 bridgehead atoms. The van der Waals surface area contributed by atoms with Gasteiger partial charge in [-0.25, -0.2) is 9.37 Å². The maximum atomic E-state index is 13.5. The molecule has 106 valence electrons. The van der Waals surface area contributed by atoms with Gasteiger partial charge in [0.05, 0.1) is 12.8 Å². The number of imidazole rings is 1. The van der Waals surface area contributed by atoms with E-state index < -0.39 is 0 Å². The van der Waals surface area contributed by atoms with E-state index in [-0.39, 0.29) is 11.6 Å². The molecule has 3 aromatic rings. The molecule has 0 amide bonds. The predicted molar refractivity (Wildman–Crippen MR) is 79.8 cm³/mol. The van der Waals surface area contributed by atoms with Gasteiger partial charge in [-0.3, -0.25) is 4.57 Å². The van der Waals surface area contributed by atoms with E-state index in [2.05, 4.69) is 10.3 Å². The maximum Gasteiger partial charge on any atom is 0.212 e. The quantitative estimate of drug-likeness (QED) is 0.792. The van der Waals surface area contributed by atoms with Crippen LogP contribution in [0.1, 0.15) is 0 Å². The number of hydrogen-bond donors (Lipinski definition) is 1.